The van der Waals surface area contributed by atoms with Crippen LogP contribution in [0, 0.1) is 0 Å². The van der Waals surface area contributed by atoms with Crippen molar-refractivity contribution in [3.05, 3.63) is 64.7 Å². The van der Waals surface area contributed by atoms with E-state index in [4.69, 9.17) is 11.6 Å². The third-order valence-electron chi connectivity index (χ3n) is 3.85. The predicted octanol–water partition coefficient (Wildman–Crippen LogP) is 4.74. The topological polar surface area (TPSA) is 49.4 Å². The summed E-state index contributed by atoms with van der Waals surface area (Å²) in [7, 11) is 0. The van der Waals surface area contributed by atoms with Crippen molar-refractivity contribution in [1.82, 2.24) is 4.90 Å². The van der Waals surface area contributed by atoms with Crippen LogP contribution in [0.3, 0.4) is 0 Å². The molecule has 0 fully saturated rings. The molecular weight excluding hydrogens is 381 g/mol. The Labute approximate surface area is 159 Å². The van der Waals surface area contributed by atoms with E-state index in [9.17, 15) is 22.8 Å². The van der Waals surface area contributed by atoms with Crippen LogP contribution < -0.4 is 5.32 Å². The van der Waals surface area contributed by atoms with Gasteiger partial charge in [-0.3, -0.25) is 9.59 Å². The number of anilines is 1. The number of carbonyl (C=O) groups is 2. The molecule has 0 radical (unpaired) electrons. The maximum Gasteiger partial charge on any atom is 0.416 e. The SMILES string of the molecule is CC(=O)N(CCC(=O)Nc1cccc(C(F)(F)F)c1)Cc1ccccc1Cl. The van der Waals surface area contributed by atoms with Crippen LogP contribution in [-0.4, -0.2) is 23.3 Å². The Morgan fingerprint density at radius 1 is 1.11 bits per heavy atom. The molecule has 0 saturated carbocycles. The highest BCUT2D eigenvalue weighted by molar-refractivity contribution is 6.31. The van der Waals surface area contributed by atoms with Gasteiger partial charge in [-0.15, -0.1) is 0 Å². The molecule has 0 unspecified atom stereocenters. The van der Waals surface area contributed by atoms with Crippen LogP contribution in [0.4, 0.5) is 18.9 Å². The standard InChI is InChI=1S/C19H18ClF3N2O2/c1-13(26)25(12-14-5-2-3-8-17(14)20)10-9-18(27)24-16-7-4-6-15(11-16)19(21,22)23/h2-8,11H,9-10,12H2,1H3,(H,24,27). The third-order valence-corrected chi connectivity index (χ3v) is 4.22. The Hall–Kier alpha value is -2.54. The Bertz CT molecular complexity index is 825. The Kier molecular flexibility index (Phi) is 6.85. The number of rotatable bonds is 6. The maximum atomic E-state index is 12.7. The molecule has 0 aliphatic heterocycles. The Morgan fingerprint density at radius 3 is 2.44 bits per heavy atom. The van der Waals surface area contributed by atoms with E-state index < -0.39 is 17.6 Å². The molecule has 1 N–H and O–H groups in total. The van der Waals surface area contributed by atoms with Crippen molar-refractivity contribution in [3.8, 4) is 0 Å². The third kappa shape index (κ3) is 6.29. The van der Waals surface area contributed by atoms with Gasteiger partial charge in [0.05, 0.1) is 5.56 Å². The van der Waals surface area contributed by atoms with E-state index in [1.165, 1.54) is 24.0 Å². The van der Waals surface area contributed by atoms with Crippen LogP contribution >= 0.6 is 11.6 Å². The van der Waals surface area contributed by atoms with Gasteiger partial charge in [-0.1, -0.05) is 35.9 Å². The van der Waals surface area contributed by atoms with E-state index in [1.807, 2.05) is 0 Å². The number of hydrogen-bond acceptors (Lipinski definition) is 2. The first-order valence-electron chi connectivity index (χ1n) is 8.13. The zero-order chi connectivity index (χ0) is 20.0. The summed E-state index contributed by atoms with van der Waals surface area (Å²) >= 11 is 6.09. The summed E-state index contributed by atoms with van der Waals surface area (Å²) < 4.78 is 38.2. The summed E-state index contributed by atoms with van der Waals surface area (Å²) in [6.07, 6.45) is -4.54. The minimum absolute atomic E-state index is 0.0512. The average Bonchev–Trinajstić information content (AvgIpc) is 2.59. The predicted molar refractivity (Wildman–Crippen MR) is 97.2 cm³/mol. The van der Waals surface area contributed by atoms with Gasteiger partial charge in [-0.2, -0.15) is 13.2 Å². The van der Waals surface area contributed by atoms with E-state index in [0.29, 0.717) is 5.02 Å². The van der Waals surface area contributed by atoms with Crippen molar-refractivity contribution >= 4 is 29.1 Å². The van der Waals surface area contributed by atoms with Crippen molar-refractivity contribution in [2.24, 2.45) is 0 Å². The molecule has 0 aliphatic carbocycles. The van der Waals surface area contributed by atoms with Crippen LogP contribution in [0.5, 0.6) is 0 Å². The quantitative estimate of drug-likeness (QED) is 0.764. The van der Waals surface area contributed by atoms with Crippen molar-refractivity contribution in [2.75, 3.05) is 11.9 Å². The largest absolute Gasteiger partial charge is 0.416 e. The van der Waals surface area contributed by atoms with Crippen molar-refractivity contribution < 1.29 is 22.8 Å². The molecule has 144 valence electrons. The highest BCUT2D eigenvalue weighted by atomic mass is 35.5. The zero-order valence-electron chi connectivity index (χ0n) is 14.5. The molecule has 0 spiro atoms. The maximum absolute atomic E-state index is 12.7. The number of benzene rings is 2. The Morgan fingerprint density at radius 2 is 1.81 bits per heavy atom. The molecule has 0 atom stereocenters. The average molecular weight is 399 g/mol. The number of nitrogens with one attached hydrogen (secondary N) is 1. The fraction of sp³-hybridized carbons (Fsp3) is 0.263. The molecule has 4 nitrogen and oxygen atoms in total. The van der Waals surface area contributed by atoms with Gasteiger partial charge >= 0.3 is 6.18 Å². The second-order valence-corrected chi connectivity index (χ2v) is 6.32. The molecular formula is C19H18ClF3N2O2. The lowest BCUT2D eigenvalue weighted by atomic mass is 10.2. The lowest BCUT2D eigenvalue weighted by molar-refractivity contribution is -0.137. The van der Waals surface area contributed by atoms with Crippen molar-refractivity contribution in [3.63, 3.8) is 0 Å². The lowest BCUT2D eigenvalue weighted by Gasteiger charge is -2.21. The highest BCUT2D eigenvalue weighted by Crippen LogP contribution is 2.30. The minimum atomic E-state index is -4.49. The van der Waals surface area contributed by atoms with Gasteiger partial charge in [-0.25, -0.2) is 0 Å². The summed E-state index contributed by atoms with van der Waals surface area (Å²) in [6.45, 7) is 1.73. The van der Waals surface area contributed by atoms with Crippen LogP contribution in [-0.2, 0) is 22.3 Å². The number of carbonyl (C=O) groups excluding carboxylic acids is 2. The van der Waals surface area contributed by atoms with Gasteiger partial charge in [0.1, 0.15) is 0 Å². The van der Waals surface area contributed by atoms with E-state index in [0.717, 1.165) is 17.7 Å². The summed E-state index contributed by atoms with van der Waals surface area (Å²) in [5.74, 6) is -0.721. The second-order valence-electron chi connectivity index (χ2n) is 5.91. The molecule has 0 heterocycles. The number of nitrogens with zero attached hydrogens (tertiary/aromatic N) is 1. The molecule has 2 rings (SSSR count). The molecule has 0 bridgehead atoms. The molecule has 2 amide bonds. The van der Waals surface area contributed by atoms with Crippen molar-refractivity contribution in [1.29, 1.82) is 0 Å². The van der Waals surface area contributed by atoms with E-state index >= 15 is 0 Å². The van der Waals surface area contributed by atoms with Gasteiger partial charge in [-0.05, 0) is 29.8 Å². The second kappa shape index (κ2) is 8.90. The summed E-state index contributed by atoms with van der Waals surface area (Å²) in [6, 6.07) is 11.4. The van der Waals surface area contributed by atoms with Crippen LogP contribution in [0.25, 0.3) is 0 Å². The monoisotopic (exact) mass is 398 g/mol. The van der Waals surface area contributed by atoms with Crippen molar-refractivity contribution in [2.45, 2.75) is 26.1 Å². The van der Waals surface area contributed by atoms with Gasteiger partial charge in [0.2, 0.25) is 11.8 Å². The molecule has 2 aromatic carbocycles. The molecule has 27 heavy (non-hydrogen) atoms. The molecule has 2 aromatic rings. The van der Waals surface area contributed by atoms with Gasteiger partial charge in [0.25, 0.3) is 0 Å². The highest BCUT2D eigenvalue weighted by Gasteiger charge is 2.30. The van der Waals surface area contributed by atoms with Crippen LogP contribution in [0.1, 0.15) is 24.5 Å². The molecule has 0 aliphatic rings. The smallest absolute Gasteiger partial charge is 0.338 e. The molecule has 8 heteroatoms. The van der Waals surface area contributed by atoms with Gasteiger partial charge in [0.15, 0.2) is 0 Å². The fourth-order valence-corrected chi connectivity index (χ4v) is 2.61. The minimum Gasteiger partial charge on any atom is -0.338 e. The summed E-state index contributed by atoms with van der Waals surface area (Å²) in [5.41, 5.74) is -0.0488. The number of hydrogen-bond donors (Lipinski definition) is 1. The summed E-state index contributed by atoms with van der Waals surface area (Å²) in [4.78, 5) is 25.3. The summed E-state index contributed by atoms with van der Waals surface area (Å²) in [5, 5.41) is 2.93. The first-order valence-corrected chi connectivity index (χ1v) is 8.50. The van der Waals surface area contributed by atoms with E-state index in [1.54, 1.807) is 24.3 Å². The Balaban J connectivity index is 1.96. The first kappa shape index (κ1) is 20.8. The normalized spacial score (nSPS) is 11.1. The fourth-order valence-electron chi connectivity index (χ4n) is 2.41. The molecule has 0 aromatic heterocycles. The van der Waals surface area contributed by atoms with Crippen LogP contribution in [0.2, 0.25) is 5.02 Å². The van der Waals surface area contributed by atoms with Gasteiger partial charge in [0, 0.05) is 37.1 Å². The number of alkyl halides is 3. The number of halogens is 4. The lowest BCUT2D eigenvalue weighted by Crippen LogP contribution is -2.31. The molecule has 0 saturated heterocycles. The van der Waals surface area contributed by atoms with E-state index in [2.05, 4.69) is 5.32 Å². The van der Waals surface area contributed by atoms with Gasteiger partial charge < -0.3 is 10.2 Å². The zero-order valence-corrected chi connectivity index (χ0v) is 15.3. The first-order chi connectivity index (χ1) is 12.7. The van der Waals surface area contributed by atoms with E-state index in [-0.39, 0.29) is 31.1 Å². The number of amides is 2. The van der Waals surface area contributed by atoms with Crippen LogP contribution in [0.15, 0.2) is 48.5 Å².